The molecule has 148 valence electrons. The van der Waals surface area contributed by atoms with Gasteiger partial charge in [0.2, 0.25) is 0 Å². The lowest BCUT2D eigenvalue weighted by atomic mass is 9.87. The summed E-state index contributed by atoms with van der Waals surface area (Å²) >= 11 is 3.57. The molecule has 0 radical (unpaired) electrons. The second-order valence-corrected chi connectivity index (χ2v) is 7.59. The first-order valence-electron chi connectivity index (χ1n) is 8.89. The first-order chi connectivity index (χ1) is 12.5. The van der Waals surface area contributed by atoms with Crippen molar-refractivity contribution in [1.29, 1.82) is 0 Å². The topological polar surface area (TPSA) is 39.7 Å². The number of methoxy groups -OCH3 is 3. The highest BCUT2D eigenvalue weighted by Gasteiger charge is 2.26. The van der Waals surface area contributed by atoms with Crippen LogP contribution in [-0.2, 0) is 12.8 Å². The number of fused-ring (bicyclic) bond motifs is 1. The van der Waals surface area contributed by atoms with Crippen molar-refractivity contribution in [2.75, 3.05) is 21.3 Å². The van der Waals surface area contributed by atoms with Gasteiger partial charge < -0.3 is 19.5 Å². The predicted molar refractivity (Wildman–Crippen MR) is 115 cm³/mol. The van der Waals surface area contributed by atoms with Gasteiger partial charge in [-0.25, -0.2) is 0 Å². The van der Waals surface area contributed by atoms with Crippen molar-refractivity contribution >= 4 is 28.3 Å². The summed E-state index contributed by atoms with van der Waals surface area (Å²) in [7, 11) is 5.06. The molecule has 27 heavy (non-hydrogen) atoms. The van der Waals surface area contributed by atoms with E-state index in [9.17, 15) is 0 Å². The largest absolute Gasteiger partial charge is 0.496 e. The van der Waals surface area contributed by atoms with Crippen LogP contribution >= 0.6 is 28.3 Å². The van der Waals surface area contributed by atoms with Crippen molar-refractivity contribution in [1.82, 2.24) is 5.32 Å². The zero-order valence-corrected chi connectivity index (χ0v) is 18.6. The van der Waals surface area contributed by atoms with Crippen molar-refractivity contribution in [2.24, 2.45) is 0 Å². The molecule has 0 saturated heterocycles. The summed E-state index contributed by atoms with van der Waals surface area (Å²) in [6.45, 7) is 2.23. The molecule has 1 aliphatic rings. The maximum Gasteiger partial charge on any atom is 0.161 e. The zero-order chi connectivity index (χ0) is 18.7. The van der Waals surface area contributed by atoms with Gasteiger partial charge in [-0.1, -0.05) is 6.07 Å². The lowest BCUT2D eigenvalue weighted by Crippen LogP contribution is -2.37. The van der Waals surface area contributed by atoms with Gasteiger partial charge in [0.15, 0.2) is 11.5 Å². The fourth-order valence-corrected chi connectivity index (χ4v) is 4.26. The van der Waals surface area contributed by atoms with Gasteiger partial charge in [0, 0.05) is 12.1 Å². The van der Waals surface area contributed by atoms with Gasteiger partial charge in [-0.15, -0.1) is 12.4 Å². The zero-order valence-electron chi connectivity index (χ0n) is 16.2. The summed E-state index contributed by atoms with van der Waals surface area (Å²) in [5.74, 6) is 2.46. The first kappa shape index (κ1) is 21.9. The van der Waals surface area contributed by atoms with Crippen molar-refractivity contribution in [2.45, 2.75) is 38.3 Å². The highest BCUT2D eigenvalue weighted by molar-refractivity contribution is 9.10. The van der Waals surface area contributed by atoms with Crippen LogP contribution in [0.25, 0.3) is 0 Å². The van der Waals surface area contributed by atoms with E-state index in [-0.39, 0.29) is 12.4 Å². The quantitative estimate of drug-likeness (QED) is 0.656. The van der Waals surface area contributed by atoms with Gasteiger partial charge >= 0.3 is 0 Å². The number of aryl methyl sites for hydroxylation is 1. The van der Waals surface area contributed by atoms with Gasteiger partial charge in [-0.05, 0) is 83.1 Å². The fourth-order valence-electron chi connectivity index (χ4n) is 3.68. The van der Waals surface area contributed by atoms with Gasteiger partial charge in [0.05, 0.1) is 25.8 Å². The van der Waals surface area contributed by atoms with Gasteiger partial charge in [-0.2, -0.15) is 0 Å². The fraction of sp³-hybridized carbons (Fsp3) is 0.429. The maximum absolute atomic E-state index is 5.51. The van der Waals surface area contributed by atoms with E-state index in [0.29, 0.717) is 12.1 Å². The Labute approximate surface area is 176 Å². The third-order valence-corrected chi connectivity index (χ3v) is 5.59. The molecule has 0 aromatic heterocycles. The van der Waals surface area contributed by atoms with Crippen LogP contribution in [0.15, 0.2) is 34.8 Å². The Bertz CT molecular complexity index is 784. The number of ether oxygens (including phenoxy) is 3. The molecular formula is C21H27BrClNO3. The van der Waals surface area contributed by atoms with Crippen LogP contribution in [0.1, 0.15) is 36.1 Å². The van der Waals surface area contributed by atoms with E-state index in [0.717, 1.165) is 41.0 Å². The minimum Gasteiger partial charge on any atom is -0.496 e. The Morgan fingerprint density at radius 1 is 1.00 bits per heavy atom. The van der Waals surface area contributed by atoms with Crippen LogP contribution in [0.3, 0.4) is 0 Å². The summed E-state index contributed by atoms with van der Waals surface area (Å²) in [4.78, 5) is 0. The Balaban J connectivity index is 0.00000261. The average molecular weight is 457 g/mol. The van der Waals surface area contributed by atoms with Crippen LogP contribution in [0.5, 0.6) is 17.2 Å². The van der Waals surface area contributed by atoms with Crippen LogP contribution in [0, 0.1) is 0 Å². The molecule has 1 heterocycles. The molecule has 0 fully saturated rings. The molecule has 2 atom stereocenters. The molecule has 2 aromatic rings. The lowest BCUT2D eigenvalue weighted by Gasteiger charge is -2.32. The van der Waals surface area contributed by atoms with Gasteiger partial charge in [-0.3, -0.25) is 0 Å². The maximum atomic E-state index is 5.51. The van der Waals surface area contributed by atoms with Crippen LogP contribution in [0.2, 0.25) is 0 Å². The molecule has 0 saturated carbocycles. The van der Waals surface area contributed by atoms with E-state index in [2.05, 4.69) is 52.4 Å². The molecule has 4 nitrogen and oxygen atoms in total. The molecule has 1 N–H and O–H groups in total. The van der Waals surface area contributed by atoms with E-state index >= 15 is 0 Å². The highest BCUT2D eigenvalue weighted by atomic mass is 79.9. The molecule has 1 aliphatic heterocycles. The second kappa shape index (κ2) is 9.67. The monoisotopic (exact) mass is 455 g/mol. The number of hydrogen-bond acceptors (Lipinski definition) is 4. The molecule has 2 aromatic carbocycles. The standard InChI is InChI=1S/C21H26BrNO3.ClH/c1-13-9-15-11-20(25-3)21(26-4)12-16(15)18(23-13)7-5-14-6-8-19(24-2)17(22)10-14;/h6,8,10-13,18,23H,5,7,9H2,1-4H3;1H/t13-,18?;/m1./s1. The predicted octanol–water partition coefficient (Wildman–Crippen LogP) is 5.10. The van der Waals surface area contributed by atoms with Crippen LogP contribution in [-0.4, -0.2) is 27.4 Å². The number of hydrogen-bond donors (Lipinski definition) is 1. The second-order valence-electron chi connectivity index (χ2n) is 6.74. The smallest absolute Gasteiger partial charge is 0.161 e. The molecular weight excluding hydrogens is 430 g/mol. The summed E-state index contributed by atoms with van der Waals surface area (Å²) in [5, 5.41) is 3.74. The van der Waals surface area contributed by atoms with E-state index in [1.165, 1.54) is 16.7 Å². The summed E-state index contributed by atoms with van der Waals surface area (Å²) in [6, 6.07) is 11.3. The third kappa shape index (κ3) is 4.89. The SMILES string of the molecule is COc1ccc(CCC2N[C@H](C)Cc3cc(OC)c(OC)cc32)cc1Br.Cl. The van der Waals surface area contributed by atoms with Gasteiger partial charge in [0.1, 0.15) is 5.75 Å². The highest BCUT2D eigenvalue weighted by Crippen LogP contribution is 2.37. The first-order valence-corrected chi connectivity index (χ1v) is 9.68. The molecule has 0 amide bonds. The Hall–Kier alpha value is -1.43. The van der Waals surface area contributed by atoms with Crippen molar-refractivity contribution < 1.29 is 14.2 Å². The number of nitrogens with one attached hydrogen (secondary N) is 1. The van der Waals surface area contributed by atoms with Crippen molar-refractivity contribution in [3.63, 3.8) is 0 Å². The summed E-state index contributed by atoms with van der Waals surface area (Å²) in [6.07, 6.45) is 3.01. The molecule has 0 spiro atoms. The minimum absolute atomic E-state index is 0. The summed E-state index contributed by atoms with van der Waals surface area (Å²) in [5.41, 5.74) is 3.95. The van der Waals surface area contributed by atoms with E-state index in [4.69, 9.17) is 14.2 Å². The lowest BCUT2D eigenvalue weighted by molar-refractivity contribution is 0.348. The van der Waals surface area contributed by atoms with Crippen molar-refractivity contribution in [3.8, 4) is 17.2 Å². The molecule has 1 unspecified atom stereocenters. The molecule has 0 aliphatic carbocycles. The molecule has 0 bridgehead atoms. The van der Waals surface area contributed by atoms with Gasteiger partial charge in [0.25, 0.3) is 0 Å². The average Bonchev–Trinajstić information content (AvgIpc) is 2.65. The number of rotatable bonds is 6. The Morgan fingerprint density at radius 3 is 2.30 bits per heavy atom. The normalized spacial score (nSPS) is 18.3. The van der Waals surface area contributed by atoms with E-state index in [1.807, 2.05) is 6.07 Å². The van der Waals surface area contributed by atoms with E-state index in [1.54, 1.807) is 21.3 Å². The van der Waals surface area contributed by atoms with Crippen molar-refractivity contribution in [3.05, 3.63) is 51.5 Å². The third-order valence-electron chi connectivity index (χ3n) is 4.97. The minimum atomic E-state index is 0. The Morgan fingerprint density at radius 2 is 1.67 bits per heavy atom. The molecule has 6 heteroatoms. The summed E-state index contributed by atoms with van der Waals surface area (Å²) < 4.78 is 17.3. The Kier molecular flexibility index (Phi) is 7.83. The van der Waals surface area contributed by atoms with Crippen LogP contribution < -0.4 is 19.5 Å². The van der Waals surface area contributed by atoms with Crippen LogP contribution in [0.4, 0.5) is 0 Å². The number of halogens is 2. The number of benzene rings is 2. The van der Waals surface area contributed by atoms with E-state index < -0.39 is 0 Å². The molecule has 3 rings (SSSR count).